The predicted molar refractivity (Wildman–Crippen MR) is 77.6 cm³/mol. The molecule has 0 bridgehead atoms. The monoisotopic (exact) mass is 287 g/mol. The van der Waals surface area contributed by atoms with Crippen molar-refractivity contribution < 1.29 is 14.3 Å². The second-order valence-corrected chi connectivity index (χ2v) is 4.40. The van der Waals surface area contributed by atoms with Crippen LogP contribution in [0.2, 0.25) is 0 Å². The number of aromatic nitrogens is 2. The number of carbonyl (C=O) groups is 2. The smallest absolute Gasteiger partial charge is 0.341 e. The molecule has 2 rings (SSSR count). The van der Waals surface area contributed by atoms with Crippen LogP contribution in [0.4, 0.5) is 0 Å². The first-order valence-electron chi connectivity index (χ1n) is 6.62. The van der Waals surface area contributed by atoms with E-state index in [0.29, 0.717) is 23.4 Å². The molecule has 2 aromatic rings. The zero-order valence-electron chi connectivity index (χ0n) is 12.2. The van der Waals surface area contributed by atoms with E-state index in [2.05, 4.69) is 10.4 Å². The third-order valence-corrected chi connectivity index (χ3v) is 3.11. The molecule has 1 aromatic carbocycles. The minimum absolute atomic E-state index is 0.147. The van der Waals surface area contributed by atoms with Gasteiger partial charge in [0.05, 0.1) is 24.2 Å². The van der Waals surface area contributed by atoms with E-state index in [9.17, 15) is 9.59 Å². The maximum atomic E-state index is 11.8. The van der Waals surface area contributed by atoms with Gasteiger partial charge in [-0.25, -0.2) is 9.48 Å². The van der Waals surface area contributed by atoms with Gasteiger partial charge < -0.3 is 10.1 Å². The van der Waals surface area contributed by atoms with E-state index in [-0.39, 0.29) is 11.9 Å². The van der Waals surface area contributed by atoms with E-state index in [0.717, 1.165) is 5.69 Å². The molecule has 0 radical (unpaired) electrons. The fourth-order valence-electron chi connectivity index (χ4n) is 1.98. The van der Waals surface area contributed by atoms with Gasteiger partial charge in [0, 0.05) is 12.6 Å². The number of ether oxygens (including phenoxy) is 1. The number of benzene rings is 1. The fourth-order valence-corrected chi connectivity index (χ4v) is 1.98. The molecule has 0 aliphatic rings. The molecular weight excluding hydrogens is 270 g/mol. The van der Waals surface area contributed by atoms with Crippen LogP contribution in [0.15, 0.2) is 30.5 Å². The molecule has 6 nitrogen and oxygen atoms in total. The number of hydrogen-bond donors (Lipinski definition) is 1. The van der Waals surface area contributed by atoms with Crippen LogP contribution >= 0.6 is 0 Å². The zero-order chi connectivity index (χ0) is 15.4. The van der Waals surface area contributed by atoms with E-state index in [1.165, 1.54) is 6.20 Å². The second kappa shape index (κ2) is 6.21. The third kappa shape index (κ3) is 2.94. The molecule has 0 atom stereocenters. The van der Waals surface area contributed by atoms with Gasteiger partial charge in [-0.2, -0.15) is 5.10 Å². The van der Waals surface area contributed by atoms with E-state index in [1.807, 2.05) is 0 Å². The van der Waals surface area contributed by atoms with Gasteiger partial charge in [0.1, 0.15) is 5.56 Å². The Labute approximate surface area is 122 Å². The number of hydrogen-bond acceptors (Lipinski definition) is 4. The van der Waals surface area contributed by atoms with Crippen LogP contribution in [0, 0.1) is 6.92 Å². The average molecular weight is 287 g/mol. The highest BCUT2D eigenvalue weighted by atomic mass is 16.5. The number of rotatable bonds is 4. The molecule has 0 spiro atoms. The van der Waals surface area contributed by atoms with Crippen LogP contribution in [0.5, 0.6) is 0 Å². The van der Waals surface area contributed by atoms with Crippen molar-refractivity contribution >= 4 is 11.9 Å². The van der Waals surface area contributed by atoms with E-state index < -0.39 is 0 Å². The Hall–Kier alpha value is -2.63. The zero-order valence-corrected chi connectivity index (χ0v) is 12.2. The van der Waals surface area contributed by atoms with Gasteiger partial charge in [-0.05, 0) is 38.1 Å². The normalized spacial score (nSPS) is 10.2. The van der Waals surface area contributed by atoms with Gasteiger partial charge in [0.15, 0.2) is 0 Å². The number of esters is 1. The summed E-state index contributed by atoms with van der Waals surface area (Å²) >= 11 is 0. The lowest BCUT2D eigenvalue weighted by Crippen LogP contribution is -2.17. The van der Waals surface area contributed by atoms with Crippen LogP contribution in [-0.4, -0.2) is 35.3 Å². The average Bonchev–Trinajstić information content (AvgIpc) is 2.88. The molecule has 0 saturated carbocycles. The second-order valence-electron chi connectivity index (χ2n) is 4.40. The van der Waals surface area contributed by atoms with Crippen LogP contribution < -0.4 is 5.32 Å². The Bertz CT molecular complexity index is 659. The van der Waals surface area contributed by atoms with Gasteiger partial charge >= 0.3 is 5.97 Å². The Morgan fingerprint density at radius 2 is 1.95 bits per heavy atom. The number of carbonyl (C=O) groups excluding carboxylic acids is 2. The molecule has 0 aliphatic carbocycles. The van der Waals surface area contributed by atoms with Gasteiger partial charge in [-0.1, -0.05) is 0 Å². The molecule has 1 aromatic heterocycles. The lowest BCUT2D eigenvalue weighted by atomic mass is 10.2. The summed E-state index contributed by atoms with van der Waals surface area (Å²) in [6.45, 7) is 3.88. The summed E-state index contributed by atoms with van der Waals surface area (Å²) in [6, 6.07) is 6.97. The van der Waals surface area contributed by atoms with Crippen LogP contribution in [0.1, 0.15) is 33.3 Å². The highest BCUT2D eigenvalue weighted by Crippen LogP contribution is 2.16. The minimum atomic E-state index is -0.386. The number of amides is 1. The molecule has 110 valence electrons. The standard InChI is InChI=1S/C15H17N3O3/c1-4-21-15(20)13-9-17-18(10(13)2)12-7-5-11(6-8-12)14(19)16-3/h5-9H,4H2,1-3H3,(H,16,19). The summed E-state index contributed by atoms with van der Waals surface area (Å²) in [5.41, 5.74) is 2.47. The summed E-state index contributed by atoms with van der Waals surface area (Å²) in [6.07, 6.45) is 1.49. The quantitative estimate of drug-likeness (QED) is 0.869. The van der Waals surface area contributed by atoms with Crippen molar-refractivity contribution in [2.24, 2.45) is 0 Å². The van der Waals surface area contributed by atoms with E-state index in [4.69, 9.17) is 4.74 Å². The van der Waals surface area contributed by atoms with Crippen molar-refractivity contribution in [2.45, 2.75) is 13.8 Å². The minimum Gasteiger partial charge on any atom is -0.462 e. The van der Waals surface area contributed by atoms with Crippen molar-refractivity contribution in [1.29, 1.82) is 0 Å². The summed E-state index contributed by atoms with van der Waals surface area (Å²) < 4.78 is 6.62. The van der Waals surface area contributed by atoms with Crippen LogP contribution in [-0.2, 0) is 4.74 Å². The van der Waals surface area contributed by atoms with Gasteiger partial charge in [0.2, 0.25) is 0 Å². The largest absolute Gasteiger partial charge is 0.462 e. The Morgan fingerprint density at radius 3 is 2.52 bits per heavy atom. The maximum Gasteiger partial charge on any atom is 0.341 e. The molecule has 0 unspecified atom stereocenters. The van der Waals surface area contributed by atoms with Crippen molar-refractivity contribution in [3.8, 4) is 5.69 Å². The van der Waals surface area contributed by atoms with Crippen molar-refractivity contribution in [2.75, 3.05) is 13.7 Å². The van der Waals surface area contributed by atoms with Crippen LogP contribution in [0.3, 0.4) is 0 Å². The van der Waals surface area contributed by atoms with Crippen molar-refractivity contribution in [1.82, 2.24) is 15.1 Å². The van der Waals surface area contributed by atoms with Gasteiger partial charge in [0.25, 0.3) is 5.91 Å². The molecule has 1 heterocycles. The summed E-state index contributed by atoms with van der Waals surface area (Å²) in [5.74, 6) is -0.533. The number of nitrogens with zero attached hydrogens (tertiary/aromatic N) is 2. The summed E-state index contributed by atoms with van der Waals surface area (Å²) in [5, 5.41) is 6.76. The molecule has 0 saturated heterocycles. The lowest BCUT2D eigenvalue weighted by molar-refractivity contribution is 0.0525. The highest BCUT2D eigenvalue weighted by Gasteiger charge is 2.16. The topological polar surface area (TPSA) is 73.2 Å². The lowest BCUT2D eigenvalue weighted by Gasteiger charge is -2.06. The number of nitrogens with one attached hydrogen (secondary N) is 1. The molecular formula is C15H17N3O3. The molecule has 1 N–H and O–H groups in total. The highest BCUT2D eigenvalue weighted by molar-refractivity contribution is 5.94. The molecule has 6 heteroatoms. The van der Waals surface area contributed by atoms with Gasteiger partial charge in [-0.3, -0.25) is 4.79 Å². The fraction of sp³-hybridized carbons (Fsp3) is 0.267. The molecule has 0 fully saturated rings. The predicted octanol–water partition coefficient (Wildman–Crippen LogP) is 1.72. The summed E-state index contributed by atoms with van der Waals surface area (Å²) in [7, 11) is 1.58. The Balaban J connectivity index is 2.31. The maximum absolute atomic E-state index is 11.8. The first-order valence-corrected chi connectivity index (χ1v) is 6.62. The Morgan fingerprint density at radius 1 is 1.29 bits per heavy atom. The molecule has 0 aliphatic heterocycles. The van der Waals surface area contributed by atoms with Crippen molar-refractivity contribution in [3.63, 3.8) is 0 Å². The van der Waals surface area contributed by atoms with Crippen molar-refractivity contribution in [3.05, 3.63) is 47.3 Å². The first-order chi connectivity index (χ1) is 10.1. The van der Waals surface area contributed by atoms with E-state index >= 15 is 0 Å². The third-order valence-electron chi connectivity index (χ3n) is 3.11. The SMILES string of the molecule is CCOC(=O)c1cnn(-c2ccc(C(=O)NC)cc2)c1C. The first kappa shape index (κ1) is 14.8. The molecule has 21 heavy (non-hydrogen) atoms. The van der Waals surface area contributed by atoms with Crippen LogP contribution in [0.25, 0.3) is 5.69 Å². The molecule has 1 amide bonds. The van der Waals surface area contributed by atoms with Gasteiger partial charge in [-0.15, -0.1) is 0 Å². The Kier molecular flexibility index (Phi) is 4.37. The summed E-state index contributed by atoms with van der Waals surface area (Å²) in [4.78, 5) is 23.3. The van der Waals surface area contributed by atoms with E-state index in [1.54, 1.807) is 49.8 Å².